The van der Waals surface area contributed by atoms with E-state index in [0.29, 0.717) is 5.54 Å². The molecule has 0 aromatic carbocycles. The number of hydrogen-bond acceptors (Lipinski definition) is 5. The van der Waals surface area contributed by atoms with Crippen molar-refractivity contribution in [1.82, 2.24) is 19.8 Å². The molecule has 1 aromatic heterocycles. The third-order valence-electron chi connectivity index (χ3n) is 7.69. The zero-order valence-corrected chi connectivity index (χ0v) is 16.9. The van der Waals surface area contributed by atoms with Crippen LogP contribution in [0.15, 0.2) is 12.4 Å². The Kier molecular flexibility index (Phi) is 4.85. The fourth-order valence-corrected chi connectivity index (χ4v) is 6.86. The van der Waals surface area contributed by atoms with E-state index in [1.165, 1.54) is 51.0 Å². The molecule has 5 aliphatic rings. The van der Waals surface area contributed by atoms with Crippen LogP contribution in [0.4, 0.5) is 5.95 Å². The summed E-state index contributed by atoms with van der Waals surface area (Å²) >= 11 is 0. The van der Waals surface area contributed by atoms with Gasteiger partial charge in [-0.2, -0.15) is 0 Å². The van der Waals surface area contributed by atoms with Crippen molar-refractivity contribution in [3.63, 3.8) is 0 Å². The molecule has 2 heterocycles. The van der Waals surface area contributed by atoms with Crippen molar-refractivity contribution in [2.45, 2.75) is 64.0 Å². The van der Waals surface area contributed by atoms with Crippen LogP contribution in [-0.4, -0.2) is 58.0 Å². The lowest BCUT2D eigenvalue weighted by atomic mass is 9.52. The maximum atomic E-state index is 4.46. The quantitative estimate of drug-likeness (QED) is 0.833. The van der Waals surface area contributed by atoms with E-state index in [0.717, 1.165) is 43.2 Å². The molecule has 0 atom stereocenters. The van der Waals surface area contributed by atoms with Crippen molar-refractivity contribution in [3.8, 4) is 0 Å². The summed E-state index contributed by atoms with van der Waals surface area (Å²) in [4.78, 5) is 14.4. The van der Waals surface area contributed by atoms with Crippen molar-refractivity contribution in [1.29, 1.82) is 0 Å². The van der Waals surface area contributed by atoms with Crippen molar-refractivity contribution in [2.75, 3.05) is 38.0 Å². The Labute approximate surface area is 163 Å². The average Bonchev–Trinajstić information content (AvgIpc) is 2.67. The first-order chi connectivity index (χ1) is 13.2. The van der Waals surface area contributed by atoms with E-state index in [1.54, 1.807) is 19.3 Å². The molecule has 4 saturated carbocycles. The molecule has 0 amide bonds. The van der Waals surface area contributed by atoms with Crippen LogP contribution in [-0.2, 0) is 6.54 Å². The molecule has 5 fully saturated rings. The topological polar surface area (TPSA) is 44.3 Å². The van der Waals surface area contributed by atoms with Crippen LogP contribution in [0.1, 0.15) is 57.4 Å². The number of hydrogen-bond donors (Lipinski definition) is 1. The van der Waals surface area contributed by atoms with Gasteiger partial charge in [-0.3, -0.25) is 9.80 Å². The summed E-state index contributed by atoms with van der Waals surface area (Å²) in [7, 11) is 0. The van der Waals surface area contributed by atoms with E-state index in [1.807, 2.05) is 12.4 Å². The molecule has 1 aliphatic heterocycles. The Balaban J connectivity index is 1.15. The summed E-state index contributed by atoms with van der Waals surface area (Å²) in [5.41, 5.74) is 1.82. The van der Waals surface area contributed by atoms with Gasteiger partial charge in [0.25, 0.3) is 0 Å². The fraction of sp³-hybridized carbons (Fsp3) is 0.818. The summed E-state index contributed by atoms with van der Waals surface area (Å²) in [6.45, 7) is 8.97. The molecule has 0 unspecified atom stereocenters. The van der Waals surface area contributed by atoms with E-state index >= 15 is 0 Å². The van der Waals surface area contributed by atoms with Gasteiger partial charge < -0.3 is 5.32 Å². The highest BCUT2D eigenvalue weighted by Crippen LogP contribution is 2.57. The lowest BCUT2D eigenvalue weighted by molar-refractivity contribution is -0.101. The Morgan fingerprint density at radius 3 is 2.11 bits per heavy atom. The molecule has 1 saturated heterocycles. The van der Waals surface area contributed by atoms with Crippen molar-refractivity contribution >= 4 is 5.95 Å². The fourth-order valence-electron chi connectivity index (χ4n) is 6.86. The van der Waals surface area contributed by atoms with Crippen LogP contribution in [0.25, 0.3) is 0 Å². The molecule has 4 aliphatic carbocycles. The van der Waals surface area contributed by atoms with Gasteiger partial charge in [-0.05, 0) is 62.7 Å². The second kappa shape index (κ2) is 7.32. The van der Waals surface area contributed by atoms with Gasteiger partial charge in [0.1, 0.15) is 0 Å². The van der Waals surface area contributed by atoms with E-state index in [2.05, 4.69) is 32.0 Å². The predicted molar refractivity (Wildman–Crippen MR) is 109 cm³/mol. The standard InChI is InChI=1S/C22H35N5/c1-2-3-23-21-24-14-20(15-25-21)16-26-4-6-27(7-5-26)22-11-17-8-18(12-22)10-19(9-17)13-22/h14-15,17-19H,2-13,16H2,1H3,(H,23,24,25). The first-order valence-electron chi connectivity index (χ1n) is 11.2. The first kappa shape index (κ1) is 17.9. The third-order valence-corrected chi connectivity index (χ3v) is 7.69. The van der Waals surface area contributed by atoms with Gasteiger partial charge in [0.2, 0.25) is 5.95 Å². The molecule has 4 bridgehead atoms. The van der Waals surface area contributed by atoms with Crippen molar-refractivity contribution < 1.29 is 0 Å². The summed E-state index contributed by atoms with van der Waals surface area (Å²) in [6, 6.07) is 0. The summed E-state index contributed by atoms with van der Waals surface area (Å²) < 4.78 is 0. The van der Waals surface area contributed by atoms with E-state index < -0.39 is 0 Å². The zero-order chi connectivity index (χ0) is 18.3. The smallest absolute Gasteiger partial charge is 0.222 e. The maximum absolute atomic E-state index is 4.46. The van der Waals surface area contributed by atoms with Crippen LogP contribution in [0.5, 0.6) is 0 Å². The first-order valence-corrected chi connectivity index (χ1v) is 11.2. The Morgan fingerprint density at radius 2 is 1.56 bits per heavy atom. The normalized spacial score (nSPS) is 36.3. The lowest BCUT2D eigenvalue weighted by Crippen LogP contribution is -2.63. The third kappa shape index (κ3) is 3.61. The summed E-state index contributed by atoms with van der Waals surface area (Å²) in [5.74, 6) is 3.90. The highest BCUT2D eigenvalue weighted by Gasteiger charge is 2.53. The monoisotopic (exact) mass is 369 g/mol. The van der Waals surface area contributed by atoms with Crippen molar-refractivity contribution in [2.24, 2.45) is 17.8 Å². The van der Waals surface area contributed by atoms with E-state index in [-0.39, 0.29) is 0 Å². The van der Waals surface area contributed by atoms with Crippen LogP contribution < -0.4 is 5.32 Å². The van der Waals surface area contributed by atoms with Gasteiger partial charge in [0.05, 0.1) is 0 Å². The lowest BCUT2D eigenvalue weighted by Gasteiger charge is -2.61. The highest BCUT2D eigenvalue weighted by molar-refractivity contribution is 5.24. The molecule has 0 radical (unpaired) electrons. The molecule has 5 nitrogen and oxygen atoms in total. The molecule has 5 heteroatoms. The number of aromatic nitrogens is 2. The Bertz CT molecular complexity index is 599. The maximum Gasteiger partial charge on any atom is 0.222 e. The minimum atomic E-state index is 0.580. The average molecular weight is 370 g/mol. The second-order valence-corrected chi connectivity index (χ2v) is 9.75. The van der Waals surface area contributed by atoms with E-state index in [9.17, 15) is 0 Å². The van der Waals surface area contributed by atoms with Crippen LogP contribution >= 0.6 is 0 Å². The van der Waals surface area contributed by atoms with Gasteiger partial charge in [-0.1, -0.05) is 6.92 Å². The highest BCUT2D eigenvalue weighted by atomic mass is 15.3. The van der Waals surface area contributed by atoms with Gasteiger partial charge >= 0.3 is 0 Å². The van der Waals surface area contributed by atoms with E-state index in [4.69, 9.17) is 0 Å². The molecule has 1 N–H and O–H groups in total. The van der Waals surface area contributed by atoms with Gasteiger partial charge in [-0.25, -0.2) is 9.97 Å². The molecule has 27 heavy (non-hydrogen) atoms. The SMILES string of the molecule is CCCNc1ncc(CN2CCN(C34CC5CC(CC(C5)C3)C4)CC2)cn1. The van der Waals surface area contributed by atoms with Gasteiger partial charge in [-0.15, -0.1) is 0 Å². The molecular formula is C22H35N5. The Hall–Kier alpha value is -1.20. The summed E-state index contributed by atoms with van der Waals surface area (Å²) in [5, 5.41) is 3.25. The van der Waals surface area contributed by atoms with Crippen LogP contribution in [0, 0.1) is 17.8 Å². The van der Waals surface area contributed by atoms with Crippen molar-refractivity contribution in [3.05, 3.63) is 18.0 Å². The van der Waals surface area contributed by atoms with Crippen LogP contribution in [0.2, 0.25) is 0 Å². The number of anilines is 1. The van der Waals surface area contributed by atoms with Gasteiger partial charge in [0, 0.05) is 62.8 Å². The zero-order valence-electron chi connectivity index (χ0n) is 16.9. The molecule has 6 rings (SSSR count). The predicted octanol–water partition coefficient (Wildman–Crippen LogP) is 3.38. The number of nitrogens with zero attached hydrogens (tertiary/aromatic N) is 4. The number of piperazine rings is 1. The number of rotatable bonds is 6. The Morgan fingerprint density at radius 1 is 0.963 bits per heavy atom. The molecule has 0 spiro atoms. The second-order valence-electron chi connectivity index (χ2n) is 9.75. The largest absolute Gasteiger partial charge is 0.354 e. The van der Waals surface area contributed by atoms with Gasteiger partial charge in [0.15, 0.2) is 0 Å². The minimum absolute atomic E-state index is 0.580. The summed E-state index contributed by atoms with van der Waals surface area (Å²) in [6.07, 6.45) is 14.2. The number of nitrogens with one attached hydrogen (secondary N) is 1. The minimum Gasteiger partial charge on any atom is -0.354 e. The molecular weight excluding hydrogens is 334 g/mol. The molecule has 1 aromatic rings. The molecule has 148 valence electrons. The van der Waals surface area contributed by atoms with Crippen LogP contribution in [0.3, 0.4) is 0 Å².